The number of carbonyl (C=O) groups is 1. The summed E-state index contributed by atoms with van der Waals surface area (Å²) in [6, 6.07) is 0. The SMILES string of the molecule is CC1=C(C(=O)O)C(C)(C)CCC1C. The van der Waals surface area contributed by atoms with E-state index < -0.39 is 5.97 Å². The molecule has 0 fully saturated rings. The number of carboxylic acid groups (broad SMARTS) is 1. The van der Waals surface area contributed by atoms with Gasteiger partial charge in [0.25, 0.3) is 0 Å². The van der Waals surface area contributed by atoms with Crippen molar-refractivity contribution in [2.75, 3.05) is 0 Å². The summed E-state index contributed by atoms with van der Waals surface area (Å²) in [7, 11) is 0. The Morgan fingerprint density at radius 1 is 1.54 bits per heavy atom. The van der Waals surface area contributed by atoms with Crippen molar-refractivity contribution in [3.63, 3.8) is 0 Å². The predicted octanol–water partition coefficient (Wildman–Crippen LogP) is 2.84. The smallest absolute Gasteiger partial charge is 0.332 e. The Morgan fingerprint density at radius 3 is 2.46 bits per heavy atom. The molecule has 74 valence electrons. The van der Waals surface area contributed by atoms with Crippen LogP contribution in [0, 0.1) is 11.3 Å². The van der Waals surface area contributed by atoms with E-state index in [2.05, 4.69) is 6.92 Å². The van der Waals surface area contributed by atoms with Crippen LogP contribution in [0.25, 0.3) is 0 Å². The Balaban J connectivity index is 3.17. The molecule has 0 spiro atoms. The van der Waals surface area contributed by atoms with Gasteiger partial charge in [0, 0.05) is 5.57 Å². The second-order valence-electron chi connectivity index (χ2n) is 4.69. The lowest BCUT2D eigenvalue weighted by atomic mass is 9.69. The third-order valence-electron chi connectivity index (χ3n) is 3.23. The molecule has 0 aliphatic heterocycles. The molecule has 2 nitrogen and oxygen atoms in total. The molecule has 1 unspecified atom stereocenters. The highest BCUT2D eigenvalue weighted by molar-refractivity contribution is 5.89. The van der Waals surface area contributed by atoms with Gasteiger partial charge in [-0.3, -0.25) is 0 Å². The predicted molar refractivity (Wildman–Crippen MR) is 52.5 cm³/mol. The molecule has 1 aliphatic carbocycles. The first-order valence-corrected chi connectivity index (χ1v) is 4.81. The zero-order chi connectivity index (χ0) is 10.2. The van der Waals surface area contributed by atoms with Crippen LogP contribution in [0.15, 0.2) is 11.1 Å². The maximum absolute atomic E-state index is 11.1. The molecule has 1 aliphatic rings. The van der Waals surface area contributed by atoms with E-state index in [-0.39, 0.29) is 5.41 Å². The standard InChI is InChI=1S/C11H18O2/c1-7-5-6-11(3,4)9(8(7)2)10(12)13/h7H,5-6H2,1-4H3,(H,12,13). The van der Waals surface area contributed by atoms with Crippen LogP contribution in [0.1, 0.15) is 40.5 Å². The van der Waals surface area contributed by atoms with Crippen molar-refractivity contribution in [3.05, 3.63) is 11.1 Å². The number of hydrogen-bond donors (Lipinski definition) is 1. The van der Waals surface area contributed by atoms with Gasteiger partial charge in [0.1, 0.15) is 0 Å². The zero-order valence-electron chi connectivity index (χ0n) is 8.85. The van der Waals surface area contributed by atoms with Crippen molar-refractivity contribution in [2.45, 2.75) is 40.5 Å². The lowest BCUT2D eigenvalue weighted by molar-refractivity contribution is -0.134. The van der Waals surface area contributed by atoms with Crippen LogP contribution in [0.3, 0.4) is 0 Å². The molecule has 0 aromatic rings. The quantitative estimate of drug-likeness (QED) is 0.677. The molecule has 1 atom stereocenters. The Morgan fingerprint density at radius 2 is 2.08 bits per heavy atom. The topological polar surface area (TPSA) is 37.3 Å². The maximum Gasteiger partial charge on any atom is 0.332 e. The number of carboxylic acids is 1. The molecular weight excluding hydrogens is 164 g/mol. The van der Waals surface area contributed by atoms with E-state index in [9.17, 15) is 4.79 Å². The molecule has 0 saturated heterocycles. The van der Waals surface area contributed by atoms with Crippen LogP contribution in [0.5, 0.6) is 0 Å². The molecule has 0 radical (unpaired) electrons. The molecule has 13 heavy (non-hydrogen) atoms. The molecule has 1 N–H and O–H groups in total. The fourth-order valence-corrected chi connectivity index (χ4v) is 2.16. The normalized spacial score (nSPS) is 27.5. The fraction of sp³-hybridized carbons (Fsp3) is 0.727. The van der Waals surface area contributed by atoms with Crippen molar-refractivity contribution in [3.8, 4) is 0 Å². The van der Waals surface area contributed by atoms with E-state index in [0.29, 0.717) is 11.5 Å². The van der Waals surface area contributed by atoms with Crippen LogP contribution in [0.2, 0.25) is 0 Å². The van der Waals surface area contributed by atoms with E-state index in [1.165, 1.54) is 0 Å². The average Bonchev–Trinajstić information content (AvgIpc) is 1.96. The Bertz CT molecular complexity index is 261. The second kappa shape index (κ2) is 3.17. The summed E-state index contributed by atoms with van der Waals surface area (Å²) in [5.41, 5.74) is 1.54. The highest BCUT2D eigenvalue weighted by Gasteiger charge is 2.35. The number of allylic oxidation sites excluding steroid dienone is 1. The van der Waals surface area contributed by atoms with Crippen LogP contribution < -0.4 is 0 Å². The molecule has 2 heteroatoms. The van der Waals surface area contributed by atoms with Gasteiger partial charge in [-0.25, -0.2) is 4.79 Å². The Labute approximate surface area is 79.6 Å². The summed E-state index contributed by atoms with van der Waals surface area (Å²) in [5.74, 6) is -0.312. The third-order valence-corrected chi connectivity index (χ3v) is 3.23. The Hall–Kier alpha value is -0.790. The third kappa shape index (κ3) is 1.77. The van der Waals surface area contributed by atoms with Crippen LogP contribution in [0.4, 0.5) is 0 Å². The van der Waals surface area contributed by atoms with E-state index in [1.807, 2.05) is 20.8 Å². The number of hydrogen-bond acceptors (Lipinski definition) is 1. The van der Waals surface area contributed by atoms with Crippen molar-refractivity contribution in [1.29, 1.82) is 0 Å². The van der Waals surface area contributed by atoms with Gasteiger partial charge in [0.15, 0.2) is 0 Å². The van der Waals surface area contributed by atoms with E-state index in [4.69, 9.17) is 5.11 Å². The summed E-state index contributed by atoms with van der Waals surface area (Å²) in [6.45, 7) is 8.10. The van der Waals surface area contributed by atoms with Crippen LogP contribution >= 0.6 is 0 Å². The zero-order valence-corrected chi connectivity index (χ0v) is 8.85. The van der Waals surface area contributed by atoms with Gasteiger partial charge in [-0.15, -0.1) is 0 Å². The first-order valence-electron chi connectivity index (χ1n) is 4.81. The van der Waals surface area contributed by atoms with E-state index in [1.54, 1.807) is 0 Å². The minimum Gasteiger partial charge on any atom is -0.478 e. The molecule has 0 aromatic carbocycles. The van der Waals surface area contributed by atoms with Gasteiger partial charge < -0.3 is 5.11 Å². The van der Waals surface area contributed by atoms with Gasteiger partial charge in [-0.1, -0.05) is 26.3 Å². The van der Waals surface area contributed by atoms with Gasteiger partial charge >= 0.3 is 5.97 Å². The van der Waals surface area contributed by atoms with Crippen molar-refractivity contribution >= 4 is 5.97 Å². The summed E-state index contributed by atoms with van der Waals surface area (Å²) in [4.78, 5) is 11.1. The first kappa shape index (κ1) is 10.3. The molecule has 0 amide bonds. The largest absolute Gasteiger partial charge is 0.478 e. The maximum atomic E-state index is 11.1. The lowest BCUT2D eigenvalue weighted by Gasteiger charge is -2.35. The van der Waals surface area contributed by atoms with E-state index in [0.717, 1.165) is 18.4 Å². The Kier molecular flexibility index (Phi) is 2.51. The van der Waals surface area contributed by atoms with Gasteiger partial charge in [0.2, 0.25) is 0 Å². The second-order valence-corrected chi connectivity index (χ2v) is 4.69. The van der Waals surface area contributed by atoms with Gasteiger partial charge in [0.05, 0.1) is 0 Å². The summed E-state index contributed by atoms with van der Waals surface area (Å²) in [5, 5.41) is 9.10. The first-order chi connectivity index (χ1) is 5.86. The molecule has 0 saturated carbocycles. The number of aliphatic carboxylic acids is 1. The van der Waals surface area contributed by atoms with Crippen molar-refractivity contribution in [1.82, 2.24) is 0 Å². The summed E-state index contributed by atoms with van der Waals surface area (Å²) < 4.78 is 0. The minimum atomic E-state index is -0.742. The van der Waals surface area contributed by atoms with Crippen LogP contribution in [-0.2, 0) is 4.79 Å². The highest BCUT2D eigenvalue weighted by Crippen LogP contribution is 2.42. The molecule has 1 rings (SSSR count). The lowest BCUT2D eigenvalue weighted by Crippen LogP contribution is -2.28. The monoisotopic (exact) mass is 182 g/mol. The van der Waals surface area contributed by atoms with Gasteiger partial charge in [-0.2, -0.15) is 0 Å². The highest BCUT2D eigenvalue weighted by atomic mass is 16.4. The summed E-state index contributed by atoms with van der Waals surface area (Å²) in [6.07, 6.45) is 2.09. The van der Waals surface area contributed by atoms with Gasteiger partial charge in [-0.05, 0) is 31.1 Å². The van der Waals surface area contributed by atoms with Crippen molar-refractivity contribution < 1.29 is 9.90 Å². The fourth-order valence-electron chi connectivity index (χ4n) is 2.16. The van der Waals surface area contributed by atoms with E-state index >= 15 is 0 Å². The average molecular weight is 182 g/mol. The molecule has 0 bridgehead atoms. The summed E-state index contributed by atoms with van der Waals surface area (Å²) >= 11 is 0. The number of rotatable bonds is 1. The molecule has 0 aromatic heterocycles. The molecule has 0 heterocycles. The molecular formula is C11H18O2. The minimum absolute atomic E-state index is 0.150. The van der Waals surface area contributed by atoms with Crippen molar-refractivity contribution in [2.24, 2.45) is 11.3 Å². The van der Waals surface area contributed by atoms with Crippen LogP contribution in [-0.4, -0.2) is 11.1 Å².